The van der Waals surface area contributed by atoms with Gasteiger partial charge in [0.25, 0.3) is 0 Å². The molecule has 0 amide bonds. The van der Waals surface area contributed by atoms with Gasteiger partial charge >= 0.3 is 0 Å². The van der Waals surface area contributed by atoms with Gasteiger partial charge in [-0.15, -0.1) is 24.0 Å². The fourth-order valence-electron chi connectivity index (χ4n) is 0.806. The maximum Gasteiger partial charge on any atom is 0.199 e. The van der Waals surface area contributed by atoms with E-state index in [1.807, 2.05) is 0 Å². The standard InChI is InChI=1S/C8H6F4N2S.HI/c1-15-8(13)14-4-2-3(9)5(10)7(12)6(4)11;/h2H,1H3,(H2,13,14);1H. The highest BCUT2D eigenvalue weighted by atomic mass is 127. The number of nitrogens with two attached hydrogens (primary N) is 1. The molecule has 1 aromatic rings. The van der Waals surface area contributed by atoms with E-state index in [1.54, 1.807) is 6.26 Å². The minimum absolute atomic E-state index is 0. The Kier molecular flexibility index (Phi) is 6.08. The average Bonchev–Trinajstić information content (AvgIpc) is 2.22. The van der Waals surface area contributed by atoms with E-state index in [4.69, 9.17) is 5.73 Å². The summed E-state index contributed by atoms with van der Waals surface area (Å²) in [7, 11) is 0. The third-order valence-corrected chi connectivity index (χ3v) is 2.03. The highest BCUT2D eigenvalue weighted by molar-refractivity contribution is 14.0. The van der Waals surface area contributed by atoms with Crippen LogP contribution in [0.15, 0.2) is 11.1 Å². The molecule has 0 unspecified atom stereocenters. The lowest BCUT2D eigenvalue weighted by Crippen LogP contribution is -2.05. The van der Waals surface area contributed by atoms with Crippen molar-refractivity contribution in [2.75, 3.05) is 6.26 Å². The van der Waals surface area contributed by atoms with Crippen molar-refractivity contribution in [3.05, 3.63) is 29.3 Å². The fraction of sp³-hybridized carbons (Fsp3) is 0.125. The SMILES string of the molecule is CSC(N)=Nc1cc(F)c(F)c(F)c1F.I. The van der Waals surface area contributed by atoms with Gasteiger partial charge in [0, 0.05) is 6.07 Å². The summed E-state index contributed by atoms with van der Waals surface area (Å²) >= 11 is 0.967. The summed E-state index contributed by atoms with van der Waals surface area (Å²) in [5.41, 5.74) is 4.55. The number of amidine groups is 1. The van der Waals surface area contributed by atoms with Crippen molar-refractivity contribution < 1.29 is 17.6 Å². The average molecular weight is 366 g/mol. The summed E-state index contributed by atoms with van der Waals surface area (Å²) in [4.78, 5) is 3.38. The fourth-order valence-corrected chi connectivity index (χ4v) is 0.996. The second kappa shape index (κ2) is 6.28. The molecule has 16 heavy (non-hydrogen) atoms. The van der Waals surface area contributed by atoms with Crippen molar-refractivity contribution in [3.63, 3.8) is 0 Å². The Morgan fingerprint density at radius 2 is 1.75 bits per heavy atom. The van der Waals surface area contributed by atoms with Crippen LogP contribution in [-0.4, -0.2) is 11.4 Å². The number of halogens is 5. The Morgan fingerprint density at radius 3 is 2.25 bits per heavy atom. The van der Waals surface area contributed by atoms with Crippen LogP contribution in [0.1, 0.15) is 0 Å². The van der Waals surface area contributed by atoms with E-state index in [9.17, 15) is 17.6 Å². The second-order valence-corrected chi connectivity index (χ2v) is 3.30. The largest absolute Gasteiger partial charge is 0.378 e. The van der Waals surface area contributed by atoms with Crippen molar-refractivity contribution in [2.45, 2.75) is 0 Å². The summed E-state index contributed by atoms with van der Waals surface area (Å²) in [5, 5.41) is -0.0840. The van der Waals surface area contributed by atoms with Crippen molar-refractivity contribution in [1.82, 2.24) is 0 Å². The molecule has 0 radical (unpaired) electrons. The molecular weight excluding hydrogens is 359 g/mol. The normalized spacial score (nSPS) is 11.2. The van der Waals surface area contributed by atoms with Gasteiger partial charge in [-0.05, 0) is 6.26 Å². The molecule has 0 aromatic heterocycles. The van der Waals surface area contributed by atoms with Crippen molar-refractivity contribution >= 4 is 46.6 Å². The Hall–Kier alpha value is -0.510. The molecule has 0 saturated carbocycles. The molecule has 0 fully saturated rings. The maximum atomic E-state index is 13.0. The number of hydrogen-bond acceptors (Lipinski definition) is 2. The van der Waals surface area contributed by atoms with Crippen LogP contribution in [-0.2, 0) is 0 Å². The molecule has 2 nitrogen and oxygen atoms in total. The predicted octanol–water partition coefficient (Wildman–Crippen LogP) is 3.17. The summed E-state index contributed by atoms with van der Waals surface area (Å²) in [6.07, 6.45) is 1.55. The number of thioether (sulfide) groups is 1. The van der Waals surface area contributed by atoms with Gasteiger partial charge in [-0.1, -0.05) is 11.8 Å². The molecule has 0 spiro atoms. The zero-order valence-corrected chi connectivity index (χ0v) is 11.1. The van der Waals surface area contributed by atoms with E-state index in [1.165, 1.54) is 0 Å². The minimum Gasteiger partial charge on any atom is -0.378 e. The van der Waals surface area contributed by atoms with Crippen molar-refractivity contribution in [1.29, 1.82) is 0 Å². The van der Waals surface area contributed by atoms with E-state index in [0.717, 1.165) is 11.8 Å². The van der Waals surface area contributed by atoms with Crippen LogP contribution in [0.4, 0.5) is 23.2 Å². The first kappa shape index (κ1) is 15.5. The van der Waals surface area contributed by atoms with E-state index in [-0.39, 0.29) is 29.1 Å². The maximum absolute atomic E-state index is 13.0. The molecule has 0 aliphatic rings. The van der Waals surface area contributed by atoms with E-state index < -0.39 is 29.0 Å². The van der Waals surface area contributed by atoms with Gasteiger partial charge in [0.2, 0.25) is 0 Å². The lowest BCUT2D eigenvalue weighted by molar-refractivity contribution is 0.410. The first-order valence-electron chi connectivity index (χ1n) is 3.68. The third-order valence-electron chi connectivity index (χ3n) is 1.52. The van der Waals surface area contributed by atoms with Gasteiger partial charge in [-0.3, -0.25) is 0 Å². The van der Waals surface area contributed by atoms with Crippen LogP contribution in [0.3, 0.4) is 0 Å². The molecule has 1 rings (SSSR count). The van der Waals surface area contributed by atoms with E-state index in [2.05, 4.69) is 4.99 Å². The van der Waals surface area contributed by atoms with Gasteiger partial charge in [-0.25, -0.2) is 22.6 Å². The smallest absolute Gasteiger partial charge is 0.199 e. The van der Waals surface area contributed by atoms with Crippen LogP contribution >= 0.6 is 35.7 Å². The summed E-state index contributed by atoms with van der Waals surface area (Å²) in [6, 6.07) is 0.441. The predicted molar refractivity (Wildman–Crippen MR) is 66.5 cm³/mol. The topological polar surface area (TPSA) is 38.4 Å². The van der Waals surface area contributed by atoms with Gasteiger partial charge in [0.1, 0.15) is 5.69 Å². The van der Waals surface area contributed by atoms with Gasteiger partial charge in [0.05, 0.1) is 0 Å². The zero-order chi connectivity index (χ0) is 11.6. The van der Waals surface area contributed by atoms with E-state index >= 15 is 0 Å². The molecular formula is C8H7F4IN2S. The van der Waals surface area contributed by atoms with E-state index in [0.29, 0.717) is 6.07 Å². The molecule has 90 valence electrons. The first-order valence-corrected chi connectivity index (χ1v) is 4.91. The minimum atomic E-state index is -1.90. The molecule has 0 aliphatic heterocycles. The van der Waals surface area contributed by atoms with Crippen LogP contribution in [0, 0.1) is 23.3 Å². The lowest BCUT2D eigenvalue weighted by Gasteiger charge is -2.01. The molecule has 0 heterocycles. The van der Waals surface area contributed by atoms with Crippen LogP contribution < -0.4 is 5.73 Å². The molecule has 1 aromatic carbocycles. The van der Waals surface area contributed by atoms with Crippen LogP contribution in [0.25, 0.3) is 0 Å². The van der Waals surface area contributed by atoms with Gasteiger partial charge in [0.15, 0.2) is 28.4 Å². The Balaban J connectivity index is 0.00000225. The summed E-state index contributed by atoms with van der Waals surface area (Å²) in [5.74, 6) is -6.84. The van der Waals surface area contributed by atoms with Gasteiger partial charge in [-0.2, -0.15) is 0 Å². The van der Waals surface area contributed by atoms with Crippen LogP contribution in [0.5, 0.6) is 0 Å². The lowest BCUT2D eigenvalue weighted by atomic mass is 10.3. The summed E-state index contributed by atoms with van der Waals surface area (Å²) in [6.45, 7) is 0. The highest BCUT2D eigenvalue weighted by Gasteiger charge is 2.18. The zero-order valence-electron chi connectivity index (χ0n) is 7.93. The number of nitrogens with zero attached hydrogens (tertiary/aromatic N) is 1. The van der Waals surface area contributed by atoms with Crippen LogP contribution in [0.2, 0.25) is 0 Å². The summed E-state index contributed by atoms with van der Waals surface area (Å²) < 4.78 is 50.9. The Labute approximate surface area is 110 Å². The Morgan fingerprint density at radius 1 is 1.19 bits per heavy atom. The number of benzene rings is 1. The van der Waals surface area contributed by atoms with Crippen molar-refractivity contribution in [2.24, 2.45) is 10.7 Å². The first-order chi connectivity index (χ1) is 6.97. The number of aliphatic imine (C=N–C) groups is 1. The number of rotatable bonds is 1. The monoisotopic (exact) mass is 366 g/mol. The molecule has 0 atom stereocenters. The third kappa shape index (κ3) is 3.24. The molecule has 8 heteroatoms. The quantitative estimate of drug-likeness (QED) is 0.207. The van der Waals surface area contributed by atoms with Crippen molar-refractivity contribution in [3.8, 4) is 0 Å². The molecule has 0 aliphatic carbocycles. The number of hydrogen-bond donors (Lipinski definition) is 1. The molecule has 0 bridgehead atoms. The Bertz CT molecular complexity index is 425. The second-order valence-electron chi connectivity index (χ2n) is 2.47. The molecule has 0 saturated heterocycles. The van der Waals surface area contributed by atoms with Gasteiger partial charge < -0.3 is 5.73 Å². The highest BCUT2D eigenvalue weighted by Crippen LogP contribution is 2.25. The molecule has 2 N–H and O–H groups in total.